The maximum atomic E-state index is 13.1. The molecule has 0 bridgehead atoms. The van der Waals surface area contributed by atoms with Gasteiger partial charge in [-0.05, 0) is 109 Å². The zero-order chi connectivity index (χ0) is 62.8. The minimum absolute atomic E-state index is 0.209. The lowest BCUT2D eigenvalue weighted by atomic mass is 9.99. The molecule has 6 N–H and O–H groups in total. The van der Waals surface area contributed by atoms with Crippen molar-refractivity contribution >= 4 is 5.91 Å². The number of hydrogen-bond donors (Lipinski definition) is 6. The van der Waals surface area contributed by atoms with Crippen LogP contribution in [-0.2, 0) is 14.3 Å². The second kappa shape index (κ2) is 65.3. The van der Waals surface area contributed by atoms with Gasteiger partial charge in [0, 0.05) is 6.42 Å². The predicted octanol–water partition coefficient (Wildman–Crippen LogP) is 20.0. The van der Waals surface area contributed by atoms with Gasteiger partial charge in [-0.1, -0.05) is 314 Å². The third-order valence-electron chi connectivity index (χ3n) is 16.2. The number of rotatable bonds is 61. The number of amides is 1. The van der Waals surface area contributed by atoms with Crippen molar-refractivity contribution in [1.82, 2.24) is 5.32 Å². The molecule has 0 saturated carbocycles. The molecular weight excluding hydrogens is 1080 g/mol. The first-order valence-corrected chi connectivity index (χ1v) is 35.9. The van der Waals surface area contributed by atoms with Crippen molar-refractivity contribution in [3.63, 3.8) is 0 Å². The Morgan fingerprint density at radius 3 is 1.10 bits per heavy atom. The van der Waals surface area contributed by atoms with E-state index in [1.807, 2.05) is 6.08 Å². The minimum Gasteiger partial charge on any atom is -0.394 e. The Kier molecular flexibility index (Phi) is 61.0. The molecule has 1 rings (SSSR count). The average molecular weight is 1210 g/mol. The van der Waals surface area contributed by atoms with Crippen molar-refractivity contribution < 1.29 is 39.8 Å². The number of ether oxygens (including phenoxy) is 2. The van der Waals surface area contributed by atoms with Gasteiger partial charge in [-0.25, -0.2) is 0 Å². The van der Waals surface area contributed by atoms with Crippen molar-refractivity contribution in [2.45, 2.75) is 339 Å². The van der Waals surface area contributed by atoms with Crippen molar-refractivity contribution in [3.05, 3.63) is 134 Å². The largest absolute Gasteiger partial charge is 0.394 e. The summed E-state index contributed by atoms with van der Waals surface area (Å²) in [6, 6.07) is -0.849. The molecule has 0 aromatic rings. The molecule has 1 heterocycles. The molecule has 0 aromatic carbocycles. The predicted molar refractivity (Wildman–Crippen MR) is 373 cm³/mol. The number of carbonyl (C=O) groups excluding carboxylic acids is 1. The van der Waals surface area contributed by atoms with Crippen LogP contribution in [0.25, 0.3) is 0 Å². The van der Waals surface area contributed by atoms with E-state index >= 15 is 0 Å². The van der Waals surface area contributed by atoms with Gasteiger partial charge in [0.2, 0.25) is 5.91 Å². The van der Waals surface area contributed by atoms with Gasteiger partial charge in [0.15, 0.2) is 6.29 Å². The van der Waals surface area contributed by atoms with E-state index in [-0.39, 0.29) is 12.5 Å². The Labute approximate surface area is 534 Å². The number of allylic oxidation sites excluding steroid dienone is 21. The lowest BCUT2D eigenvalue weighted by Gasteiger charge is -2.40. The van der Waals surface area contributed by atoms with Gasteiger partial charge >= 0.3 is 0 Å². The van der Waals surface area contributed by atoms with Crippen LogP contribution < -0.4 is 5.32 Å². The van der Waals surface area contributed by atoms with E-state index in [4.69, 9.17) is 9.47 Å². The number of aliphatic hydroxyl groups excluding tert-OH is 5. The molecule has 0 radical (unpaired) electrons. The van der Waals surface area contributed by atoms with Crippen LogP contribution in [0.3, 0.4) is 0 Å². The summed E-state index contributed by atoms with van der Waals surface area (Å²) in [4.78, 5) is 13.1. The highest BCUT2D eigenvalue weighted by Gasteiger charge is 2.44. The standard InChI is InChI=1S/C78H133NO8/c1-3-5-7-9-11-13-15-17-19-21-23-25-27-29-31-33-35-36-38-39-41-43-45-47-49-51-53-55-57-59-61-63-65-67-72(81)71(70-86-78-77(85)76(84)75(83)73(69-80)87-78)79-74(82)68-66-64-62-60-58-56-54-52-50-48-46-44-42-40-37-34-32-30-28-26-24-22-20-18-16-14-12-10-8-6-4-2/h6,8,12,14,18,20,24,26,30,32,37,40,44,46,49-52,57,59,65,67,71-73,75-78,80-81,83-85H,3-5,7,9-11,13,15-17,19,21-23,25,27-29,31,33-36,38-39,41-43,45,47-48,53-56,58,60-64,66,68-70H2,1-2H3,(H,79,82)/b8-6-,14-12-,20-18-,26-24-,32-30-,40-37-,46-44-,51-49+,52-50-,59-57+,67-65+. The van der Waals surface area contributed by atoms with Gasteiger partial charge in [-0.3, -0.25) is 4.79 Å². The van der Waals surface area contributed by atoms with E-state index in [2.05, 4.69) is 141 Å². The molecule has 1 aliphatic heterocycles. The van der Waals surface area contributed by atoms with Crippen LogP contribution in [0.2, 0.25) is 0 Å². The summed E-state index contributed by atoms with van der Waals surface area (Å²) < 4.78 is 11.3. The molecule has 0 spiro atoms. The summed E-state index contributed by atoms with van der Waals surface area (Å²) in [6.07, 6.45) is 92.7. The topological polar surface area (TPSA) is 149 Å². The van der Waals surface area contributed by atoms with E-state index in [0.29, 0.717) is 6.42 Å². The monoisotopic (exact) mass is 1210 g/mol. The normalized spacial score (nSPS) is 18.8. The molecule has 9 heteroatoms. The Hall–Kier alpha value is -3.67. The fourth-order valence-corrected chi connectivity index (χ4v) is 10.6. The maximum absolute atomic E-state index is 13.1. The van der Waals surface area contributed by atoms with Crippen LogP contribution in [0.5, 0.6) is 0 Å². The molecule has 7 atom stereocenters. The molecular formula is C78H133NO8. The van der Waals surface area contributed by atoms with E-state index in [9.17, 15) is 30.3 Å². The summed E-state index contributed by atoms with van der Waals surface area (Å²) in [5, 5.41) is 54.7. The summed E-state index contributed by atoms with van der Waals surface area (Å²) in [7, 11) is 0. The molecule has 1 aliphatic rings. The molecule has 0 aromatic heterocycles. The fourth-order valence-electron chi connectivity index (χ4n) is 10.6. The zero-order valence-corrected chi connectivity index (χ0v) is 55.7. The van der Waals surface area contributed by atoms with Crippen LogP contribution in [0, 0.1) is 0 Å². The number of carbonyl (C=O) groups is 1. The van der Waals surface area contributed by atoms with Gasteiger partial charge < -0.3 is 40.3 Å². The molecule has 0 aliphatic carbocycles. The fraction of sp³-hybridized carbons (Fsp3) is 0.705. The first-order chi connectivity index (χ1) is 42.8. The first-order valence-electron chi connectivity index (χ1n) is 35.9. The second-order valence-corrected chi connectivity index (χ2v) is 24.3. The van der Waals surface area contributed by atoms with Crippen molar-refractivity contribution in [3.8, 4) is 0 Å². The minimum atomic E-state index is -1.59. The Morgan fingerprint density at radius 1 is 0.402 bits per heavy atom. The van der Waals surface area contributed by atoms with Crippen LogP contribution in [-0.4, -0.2) is 87.5 Å². The van der Waals surface area contributed by atoms with Crippen LogP contribution in [0.1, 0.15) is 296 Å². The number of hydrogen-bond acceptors (Lipinski definition) is 8. The molecule has 1 fully saturated rings. The van der Waals surface area contributed by atoms with Crippen molar-refractivity contribution in [2.24, 2.45) is 0 Å². The van der Waals surface area contributed by atoms with Gasteiger partial charge in [0.05, 0.1) is 25.4 Å². The van der Waals surface area contributed by atoms with Gasteiger partial charge in [-0.2, -0.15) is 0 Å². The third-order valence-corrected chi connectivity index (χ3v) is 16.2. The maximum Gasteiger partial charge on any atom is 0.220 e. The second-order valence-electron chi connectivity index (χ2n) is 24.3. The average Bonchev–Trinajstić information content (AvgIpc) is 3.47. The molecule has 9 nitrogen and oxygen atoms in total. The quantitative estimate of drug-likeness (QED) is 0.0261. The number of aliphatic hydroxyl groups is 5. The van der Waals surface area contributed by atoms with Gasteiger partial charge in [0.25, 0.3) is 0 Å². The molecule has 1 saturated heterocycles. The highest BCUT2D eigenvalue weighted by atomic mass is 16.7. The van der Waals surface area contributed by atoms with E-state index in [1.54, 1.807) is 6.08 Å². The van der Waals surface area contributed by atoms with Crippen LogP contribution in [0.4, 0.5) is 0 Å². The lowest BCUT2D eigenvalue weighted by Crippen LogP contribution is -2.60. The summed E-state index contributed by atoms with van der Waals surface area (Å²) in [5.74, 6) is -0.209. The molecule has 7 unspecified atom stereocenters. The highest BCUT2D eigenvalue weighted by molar-refractivity contribution is 5.76. The van der Waals surface area contributed by atoms with E-state index in [0.717, 1.165) is 128 Å². The third kappa shape index (κ3) is 53.8. The van der Waals surface area contributed by atoms with Gasteiger partial charge in [0.1, 0.15) is 24.4 Å². The first kappa shape index (κ1) is 81.3. The molecule has 87 heavy (non-hydrogen) atoms. The summed E-state index contributed by atoms with van der Waals surface area (Å²) in [6.45, 7) is 3.65. The summed E-state index contributed by atoms with van der Waals surface area (Å²) in [5.41, 5.74) is 0. The van der Waals surface area contributed by atoms with Gasteiger partial charge in [-0.15, -0.1) is 0 Å². The Balaban J connectivity index is 2.20. The number of unbranched alkanes of at least 4 members (excludes halogenated alkanes) is 31. The highest BCUT2D eigenvalue weighted by Crippen LogP contribution is 2.23. The SMILES string of the molecule is CC/C=C\C/C=C\C/C=C\C/C=C\C/C=C\C/C=C\C/C=C\C/C=C\CCCCCCCCC(=O)NC(COC1OC(CO)C(O)C(O)C1O)C(O)/C=C/CC/C=C/CC/C=C/CCCCCCCCCCCCCCCCCCCCCCCCC. The zero-order valence-electron chi connectivity index (χ0n) is 55.7. The summed E-state index contributed by atoms with van der Waals surface area (Å²) >= 11 is 0. The van der Waals surface area contributed by atoms with Crippen molar-refractivity contribution in [2.75, 3.05) is 13.2 Å². The Bertz CT molecular complexity index is 1840. The lowest BCUT2D eigenvalue weighted by molar-refractivity contribution is -0.302. The molecule has 498 valence electrons. The smallest absolute Gasteiger partial charge is 0.220 e. The van der Waals surface area contributed by atoms with E-state index in [1.165, 1.54) is 148 Å². The molecule has 1 amide bonds. The van der Waals surface area contributed by atoms with Crippen LogP contribution >= 0.6 is 0 Å². The Morgan fingerprint density at radius 2 is 0.724 bits per heavy atom. The number of nitrogens with one attached hydrogen (secondary N) is 1. The van der Waals surface area contributed by atoms with Crippen LogP contribution in [0.15, 0.2) is 134 Å². The van der Waals surface area contributed by atoms with Crippen molar-refractivity contribution in [1.29, 1.82) is 0 Å². The van der Waals surface area contributed by atoms with E-state index < -0.39 is 49.5 Å².